The van der Waals surface area contributed by atoms with E-state index in [0.29, 0.717) is 6.07 Å². The van der Waals surface area contributed by atoms with Gasteiger partial charge in [0.1, 0.15) is 11.8 Å². The molecule has 1 aliphatic rings. The lowest BCUT2D eigenvalue weighted by molar-refractivity contribution is -0.138. The third-order valence-corrected chi connectivity index (χ3v) is 2.91. The second-order valence-electron chi connectivity index (χ2n) is 3.48. The summed E-state index contributed by atoms with van der Waals surface area (Å²) in [5.41, 5.74) is -0.257. The van der Waals surface area contributed by atoms with Gasteiger partial charge in [-0.15, -0.1) is 0 Å². The fourth-order valence-electron chi connectivity index (χ4n) is 1.40. The molecule has 1 aromatic carbocycles. The van der Waals surface area contributed by atoms with Gasteiger partial charge in [-0.1, -0.05) is 22.0 Å². The minimum atomic E-state index is -4.71. The second-order valence-corrected chi connectivity index (χ2v) is 4.34. The molecule has 2 rings (SSSR count). The third-order valence-electron chi connectivity index (χ3n) is 2.21. The molecule has 0 fully saturated rings. The number of benzene rings is 1. The Morgan fingerprint density at radius 1 is 1.58 bits per heavy atom. The summed E-state index contributed by atoms with van der Waals surface area (Å²) in [7, 11) is 0. The summed E-state index contributed by atoms with van der Waals surface area (Å²) in [6.07, 6.45) is -8.92. The van der Waals surface area contributed by atoms with Crippen molar-refractivity contribution >= 4 is 27.7 Å². The maximum atomic E-state index is 13.0. The largest absolute Gasteiger partial charge is 0.439 e. The summed E-state index contributed by atoms with van der Waals surface area (Å²) in [5.74, 6) is 0. The molecule has 8 heteroatoms. The number of ether oxygens (including phenoxy) is 1. The normalized spacial score (nSPS) is 27.2. The minimum Gasteiger partial charge on any atom is -0.439 e. The van der Waals surface area contributed by atoms with Gasteiger partial charge in [0, 0.05) is 14.1 Å². The van der Waals surface area contributed by atoms with E-state index in [4.69, 9.17) is 5.48 Å². The van der Waals surface area contributed by atoms with Gasteiger partial charge in [0.25, 0.3) is 0 Å². The highest BCUT2D eigenvalue weighted by Gasteiger charge is 2.34. The van der Waals surface area contributed by atoms with Crippen LogP contribution in [0.15, 0.2) is 27.8 Å². The lowest BCUT2D eigenvalue weighted by atomic mass is 10.0. The Kier molecular flexibility index (Phi) is 2.38. The Hall–Kier alpha value is -1.57. The highest BCUT2D eigenvalue weighted by Crippen LogP contribution is 2.35. The van der Waals surface area contributed by atoms with Crippen molar-refractivity contribution in [3.63, 3.8) is 0 Å². The number of halogens is 4. The van der Waals surface area contributed by atoms with Crippen LogP contribution in [0.2, 0.25) is 0 Å². The second kappa shape index (κ2) is 4.84. The first-order valence-corrected chi connectivity index (χ1v) is 5.60. The van der Waals surface area contributed by atoms with Gasteiger partial charge in [0.15, 0.2) is 0 Å². The number of alkyl halides is 3. The number of hydrazone groups is 1. The number of amides is 1. The molecule has 1 heterocycles. The molecule has 102 valence electrons. The van der Waals surface area contributed by atoms with Crippen molar-refractivity contribution in [3.8, 4) is 0 Å². The molecule has 4 nitrogen and oxygen atoms in total. The van der Waals surface area contributed by atoms with Crippen LogP contribution in [0, 0.1) is 0 Å². The number of rotatable bonds is 1. The van der Waals surface area contributed by atoms with E-state index < -0.39 is 36.5 Å². The van der Waals surface area contributed by atoms with Gasteiger partial charge in [-0.2, -0.15) is 18.3 Å². The first-order valence-electron chi connectivity index (χ1n) is 6.80. The maximum Gasteiger partial charge on any atom is 0.428 e. The molecule has 1 N–H and O–H groups in total. The number of nitrogens with one attached hydrogen (secondary N) is 1. The Balaban J connectivity index is 2.62. The summed E-state index contributed by atoms with van der Waals surface area (Å²) in [4.78, 5) is 11.2. The van der Waals surface area contributed by atoms with Crippen LogP contribution >= 0.6 is 15.9 Å². The average molecular weight is 341 g/mol. The minimum absolute atomic E-state index is 0.264. The van der Waals surface area contributed by atoms with Crippen molar-refractivity contribution in [1.82, 2.24) is 5.43 Å². The van der Waals surface area contributed by atoms with E-state index in [-0.39, 0.29) is 10.0 Å². The molecule has 0 bridgehead atoms. The summed E-state index contributed by atoms with van der Waals surface area (Å²) in [6.45, 7) is -3.16. The van der Waals surface area contributed by atoms with Crippen molar-refractivity contribution in [2.45, 2.75) is 19.1 Å². The summed E-state index contributed by atoms with van der Waals surface area (Å²) < 4.78 is 73.0. The number of nitrogens with zero attached hydrogens (tertiary/aromatic N) is 1. The molecule has 0 saturated heterocycles. The molecule has 0 saturated carbocycles. The molecular weight excluding hydrogens is 329 g/mol. The third kappa shape index (κ3) is 2.89. The quantitative estimate of drug-likeness (QED) is 0.852. The monoisotopic (exact) mass is 340 g/mol. The predicted octanol–water partition coefficient (Wildman–Crippen LogP) is 3.30. The molecule has 19 heavy (non-hydrogen) atoms. The molecule has 0 spiro atoms. The van der Waals surface area contributed by atoms with E-state index in [2.05, 4.69) is 25.8 Å². The first kappa shape index (κ1) is 9.35. The lowest BCUT2D eigenvalue weighted by Gasteiger charge is -2.21. The average Bonchev–Trinajstić information content (AvgIpc) is 2.37. The molecule has 0 radical (unpaired) electrons. The fraction of sp³-hybridized carbons (Fsp3) is 0.273. The van der Waals surface area contributed by atoms with Crippen LogP contribution in [0.5, 0.6) is 0 Å². The number of carbonyl (C=O) groups excluding carboxylic acids is 1. The Morgan fingerprint density at radius 3 is 2.95 bits per heavy atom. The van der Waals surface area contributed by atoms with Crippen LogP contribution in [0.3, 0.4) is 0 Å². The van der Waals surface area contributed by atoms with E-state index in [1.54, 1.807) is 5.43 Å². The van der Waals surface area contributed by atoms with Gasteiger partial charge in [-0.3, -0.25) is 0 Å². The number of cyclic esters (lactones) is 1. The molecule has 1 atom stereocenters. The smallest absolute Gasteiger partial charge is 0.428 e. The molecule has 0 unspecified atom stereocenters. The van der Waals surface area contributed by atoms with Crippen molar-refractivity contribution in [1.29, 1.82) is 0 Å². The Labute approximate surface area is 120 Å². The molecule has 1 amide bonds. The van der Waals surface area contributed by atoms with Crippen molar-refractivity contribution < 1.29 is 28.2 Å². The maximum absolute atomic E-state index is 13.0. The van der Waals surface area contributed by atoms with Gasteiger partial charge in [0.2, 0.25) is 0 Å². The standard InChI is InChI=1S/C11H8BrF3N2O2/c1-5-9(16-17-10(18)19-5)6-2-3-8(12)7(4-6)11(13,14)15/h2-5H,1H3,(H,17,18)/t5-/m0/s1/i1D3,5D. The van der Waals surface area contributed by atoms with Crippen LogP contribution in [0.1, 0.15) is 23.5 Å². The zero-order chi connectivity index (χ0) is 17.6. The number of hydrogen-bond acceptors (Lipinski definition) is 3. The van der Waals surface area contributed by atoms with E-state index in [1.807, 2.05) is 0 Å². The topological polar surface area (TPSA) is 50.7 Å². The van der Waals surface area contributed by atoms with Crippen molar-refractivity contribution in [2.75, 3.05) is 0 Å². The van der Waals surface area contributed by atoms with E-state index in [1.165, 1.54) is 0 Å². The number of hydrogen-bond donors (Lipinski definition) is 1. The first-order chi connectivity index (χ1) is 10.4. The zero-order valence-electron chi connectivity index (χ0n) is 13.0. The molecular formula is C11H8BrF3N2O2. The molecule has 1 aliphatic heterocycles. The summed E-state index contributed by atoms with van der Waals surface area (Å²) in [6, 6.07) is 2.80. The summed E-state index contributed by atoms with van der Waals surface area (Å²) in [5, 5.41) is 3.42. The van der Waals surface area contributed by atoms with Crippen LogP contribution in [-0.2, 0) is 10.9 Å². The molecule has 0 aromatic heterocycles. The Bertz CT molecular complexity index is 693. The van der Waals surface area contributed by atoms with E-state index in [9.17, 15) is 18.0 Å². The van der Waals surface area contributed by atoms with Gasteiger partial charge >= 0.3 is 12.3 Å². The van der Waals surface area contributed by atoms with Crippen molar-refractivity contribution in [3.05, 3.63) is 33.8 Å². The predicted molar refractivity (Wildman–Crippen MR) is 64.8 cm³/mol. The highest BCUT2D eigenvalue weighted by atomic mass is 79.9. The SMILES string of the molecule is [2H]C([2H])([2H])[C@]1([2H])OC(=O)NN=C1c1ccc(Br)c(C(F)(F)F)c1. The van der Waals surface area contributed by atoms with Crippen LogP contribution in [-0.4, -0.2) is 17.9 Å². The van der Waals surface area contributed by atoms with Gasteiger partial charge in [-0.25, -0.2) is 10.2 Å². The van der Waals surface area contributed by atoms with Gasteiger partial charge in [0.05, 0.1) is 6.93 Å². The molecule has 1 aromatic rings. The van der Waals surface area contributed by atoms with Crippen molar-refractivity contribution in [2.24, 2.45) is 5.10 Å². The zero-order valence-corrected chi connectivity index (χ0v) is 10.6. The van der Waals surface area contributed by atoms with Crippen LogP contribution < -0.4 is 5.43 Å². The van der Waals surface area contributed by atoms with Crippen LogP contribution in [0.4, 0.5) is 18.0 Å². The van der Waals surface area contributed by atoms with Crippen LogP contribution in [0.25, 0.3) is 0 Å². The van der Waals surface area contributed by atoms with Gasteiger partial charge in [-0.05, 0) is 19.0 Å². The lowest BCUT2D eigenvalue weighted by Crippen LogP contribution is -2.37. The van der Waals surface area contributed by atoms with E-state index >= 15 is 0 Å². The van der Waals surface area contributed by atoms with E-state index in [0.717, 1.165) is 12.1 Å². The number of carbonyl (C=O) groups is 1. The summed E-state index contributed by atoms with van der Waals surface area (Å²) >= 11 is 2.75. The Morgan fingerprint density at radius 2 is 2.32 bits per heavy atom. The molecule has 0 aliphatic carbocycles. The fourth-order valence-corrected chi connectivity index (χ4v) is 1.87. The highest BCUT2D eigenvalue weighted by molar-refractivity contribution is 9.10. The van der Waals surface area contributed by atoms with Gasteiger partial charge < -0.3 is 4.74 Å².